The number of nitrogens with one attached hydrogen (secondary N) is 1. The molecule has 1 N–H and O–H groups in total. The van der Waals surface area contributed by atoms with E-state index in [1.54, 1.807) is 24.3 Å². The van der Waals surface area contributed by atoms with E-state index in [2.05, 4.69) is 5.32 Å². The Labute approximate surface area is 140 Å². The second kappa shape index (κ2) is 9.15. The summed E-state index contributed by atoms with van der Waals surface area (Å²) in [6.07, 6.45) is 2.92. The summed E-state index contributed by atoms with van der Waals surface area (Å²) in [6, 6.07) is 16.4. The summed E-state index contributed by atoms with van der Waals surface area (Å²) in [5.41, 5.74) is 1.42. The zero-order valence-electron chi connectivity index (χ0n) is 13.4. The molecular formula is C19H19NO4. The van der Waals surface area contributed by atoms with Crippen LogP contribution in [0.25, 0.3) is 6.08 Å². The molecule has 0 saturated carbocycles. The molecule has 0 atom stereocenters. The molecule has 124 valence electrons. The molecule has 24 heavy (non-hydrogen) atoms. The number of benzene rings is 2. The first-order chi connectivity index (χ1) is 11.7. The van der Waals surface area contributed by atoms with Crippen LogP contribution >= 0.6 is 0 Å². The Hall–Kier alpha value is -3.08. The van der Waals surface area contributed by atoms with Gasteiger partial charge in [0.1, 0.15) is 5.75 Å². The van der Waals surface area contributed by atoms with Gasteiger partial charge >= 0.3 is 5.97 Å². The molecule has 0 saturated heterocycles. The number of anilines is 1. The van der Waals surface area contributed by atoms with E-state index in [1.165, 1.54) is 6.08 Å². The molecular weight excluding hydrogens is 306 g/mol. The first-order valence-electron chi connectivity index (χ1n) is 7.60. The largest absolute Gasteiger partial charge is 0.492 e. The van der Waals surface area contributed by atoms with Crippen LogP contribution in [0.2, 0.25) is 0 Å². The Bertz CT molecular complexity index is 710. The third-order valence-electron chi connectivity index (χ3n) is 3.02. The standard InChI is InChI=1S/C19H19NO4/c1-2-23-17-11-7-6-10-16(17)20-18(21)14-24-19(22)13-12-15-8-4-3-5-9-15/h3-13H,2,14H2,1H3,(H,20,21). The highest BCUT2D eigenvalue weighted by molar-refractivity contribution is 5.95. The number of para-hydroxylation sites is 2. The highest BCUT2D eigenvalue weighted by atomic mass is 16.5. The highest BCUT2D eigenvalue weighted by Gasteiger charge is 2.09. The number of hydrogen-bond donors (Lipinski definition) is 1. The maximum atomic E-state index is 11.9. The third kappa shape index (κ3) is 5.61. The molecule has 0 heterocycles. The first kappa shape index (κ1) is 17.3. The lowest BCUT2D eigenvalue weighted by Crippen LogP contribution is -2.20. The maximum absolute atomic E-state index is 11.9. The molecule has 0 aliphatic heterocycles. The van der Waals surface area contributed by atoms with E-state index in [0.717, 1.165) is 5.56 Å². The van der Waals surface area contributed by atoms with Crippen LogP contribution in [0, 0.1) is 0 Å². The van der Waals surface area contributed by atoms with Gasteiger partial charge in [-0.25, -0.2) is 4.79 Å². The fraction of sp³-hybridized carbons (Fsp3) is 0.158. The minimum atomic E-state index is -0.577. The Kier molecular flexibility index (Phi) is 6.58. The van der Waals surface area contributed by atoms with Crippen molar-refractivity contribution >= 4 is 23.6 Å². The van der Waals surface area contributed by atoms with Crippen LogP contribution in [0.3, 0.4) is 0 Å². The molecule has 2 aromatic carbocycles. The van der Waals surface area contributed by atoms with Gasteiger partial charge in [0.25, 0.3) is 5.91 Å². The molecule has 0 aromatic heterocycles. The lowest BCUT2D eigenvalue weighted by atomic mass is 10.2. The van der Waals surface area contributed by atoms with Gasteiger partial charge in [-0.2, -0.15) is 0 Å². The van der Waals surface area contributed by atoms with Gasteiger partial charge in [0.2, 0.25) is 0 Å². The van der Waals surface area contributed by atoms with Crippen molar-refractivity contribution in [2.45, 2.75) is 6.92 Å². The van der Waals surface area contributed by atoms with E-state index in [9.17, 15) is 9.59 Å². The van der Waals surface area contributed by atoms with Crippen LogP contribution in [-0.4, -0.2) is 25.1 Å². The highest BCUT2D eigenvalue weighted by Crippen LogP contribution is 2.23. The summed E-state index contributed by atoms with van der Waals surface area (Å²) < 4.78 is 10.3. The molecule has 5 heteroatoms. The van der Waals surface area contributed by atoms with Crippen molar-refractivity contribution < 1.29 is 19.1 Å². The van der Waals surface area contributed by atoms with E-state index >= 15 is 0 Å². The van der Waals surface area contributed by atoms with Crippen LogP contribution in [0.15, 0.2) is 60.7 Å². The molecule has 5 nitrogen and oxygen atoms in total. The van der Waals surface area contributed by atoms with Crippen LogP contribution < -0.4 is 10.1 Å². The Balaban J connectivity index is 1.83. The second-order valence-corrected chi connectivity index (χ2v) is 4.83. The molecule has 0 fully saturated rings. The van der Waals surface area contributed by atoms with Crippen molar-refractivity contribution in [1.29, 1.82) is 0 Å². The minimum absolute atomic E-state index is 0.363. The monoisotopic (exact) mass is 325 g/mol. The van der Waals surface area contributed by atoms with E-state index < -0.39 is 11.9 Å². The topological polar surface area (TPSA) is 64.6 Å². The van der Waals surface area contributed by atoms with E-state index in [1.807, 2.05) is 43.3 Å². The van der Waals surface area contributed by atoms with Gasteiger partial charge in [-0.15, -0.1) is 0 Å². The van der Waals surface area contributed by atoms with Gasteiger partial charge in [-0.3, -0.25) is 4.79 Å². The first-order valence-corrected chi connectivity index (χ1v) is 7.60. The van der Waals surface area contributed by atoms with Gasteiger partial charge in [0.05, 0.1) is 12.3 Å². The van der Waals surface area contributed by atoms with E-state index in [-0.39, 0.29) is 6.61 Å². The van der Waals surface area contributed by atoms with Gasteiger partial charge in [-0.05, 0) is 30.7 Å². The van der Waals surface area contributed by atoms with Crippen molar-refractivity contribution in [3.8, 4) is 5.75 Å². The summed E-state index contributed by atoms with van der Waals surface area (Å²) in [4.78, 5) is 23.5. The number of hydrogen-bond acceptors (Lipinski definition) is 4. The maximum Gasteiger partial charge on any atom is 0.331 e. The van der Waals surface area contributed by atoms with Crippen LogP contribution in [0.5, 0.6) is 5.75 Å². The van der Waals surface area contributed by atoms with E-state index in [4.69, 9.17) is 9.47 Å². The molecule has 0 radical (unpaired) electrons. The van der Waals surface area contributed by atoms with Gasteiger partial charge in [0.15, 0.2) is 6.61 Å². The summed E-state index contributed by atoms with van der Waals surface area (Å²) >= 11 is 0. The lowest BCUT2D eigenvalue weighted by Gasteiger charge is -2.11. The molecule has 2 aromatic rings. The smallest absolute Gasteiger partial charge is 0.331 e. The number of amides is 1. The van der Waals surface area contributed by atoms with Crippen LogP contribution in [-0.2, 0) is 14.3 Å². The molecule has 0 aliphatic carbocycles. The van der Waals surface area contributed by atoms with E-state index in [0.29, 0.717) is 18.0 Å². The molecule has 0 spiro atoms. The number of esters is 1. The normalized spacial score (nSPS) is 10.4. The predicted molar refractivity (Wildman–Crippen MR) is 92.7 cm³/mol. The number of rotatable bonds is 7. The van der Waals surface area contributed by atoms with Crippen molar-refractivity contribution in [1.82, 2.24) is 0 Å². The minimum Gasteiger partial charge on any atom is -0.492 e. The SMILES string of the molecule is CCOc1ccccc1NC(=O)COC(=O)C=Cc1ccccc1. The molecule has 0 unspecified atom stereocenters. The summed E-state index contributed by atoms with van der Waals surface area (Å²) in [5.74, 6) is -0.431. The van der Waals surface area contributed by atoms with Gasteiger partial charge in [0, 0.05) is 6.08 Å². The Morgan fingerprint density at radius 1 is 1.04 bits per heavy atom. The lowest BCUT2D eigenvalue weighted by molar-refractivity contribution is -0.142. The van der Waals surface area contributed by atoms with Crippen molar-refractivity contribution in [3.63, 3.8) is 0 Å². The van der Waals surface area contributed by atoms with Crippen molar-refractivity contribution in [2.24, 2.45) is 0 Å². The molecule has 1 amide bonds. The number of carbonyl (C=O) groups excluding carboxylic acids is 2. The quantitative estimate of drug-likeness (QED) is 0.627. The molecule has 2 rings (SSSR count). The zero-order chi connectivity index (χ0) is 17.2. The van der Waals surface area contributed by atoms with Gasteiger partial charge in [-0.1, -0.05) is 42.5 Å². The number of ether oxygens (including phenoxy) is 2. The summed E-state index contributed by atoms with van der Waals surface area (Å²) in [6.45, 7) is 1.99. The predicted octanol–water partition coefficient (Wildman–Crippen LogP) is 3.28. The average molecular weight is 325 g/mol. The molecule has 0 bridgehead atoms. The third-order valence-corrected chi connectivity index (χ3v) is 3.02. The second-order valence-electron chi connectivity index (χ2n) is 4.83. The van der Waals surface area contributed by atoms with Crippen molar-refractivity contribution in [2.75, 3.05) is 18.5 Å². The molecule has 0 aliphatic rings. The average Bonchev–Trinajstić information content (AvgIpc) is 2.61. The Morgan fingerprint density at radius 2 is 1.75 bits per heavy atom. The van der Waals surface area contributed by atoms with Gasteiger partial charge < -0.3 is 14.8 Å². The fourth-order valence-corrected chi connectivity index (χ4v) is 1.95. The van der Waals surface area contributed by atoms with Crippen LogP contribution in [0.4, 0.5) is 5.69 Å². The summed E-state index contributed by atoms with van der Waals surface area (Å²) in [5, 5.41) is 2.66. The fourth-order valence-electron chi connectivity index (χ4n) is 1.95. The number of carbonyl (C=O) groups is 2. The van der Waals surface area contributed by atoms with Crippen LogP contribution in [0.1, 0.15) is 12.5 Å². The summed E-state index contributed by atoms with van der Waals surface area (Å²) in [7, 11) is 0. The zero-order valence-corrected chi connectivity index (χ0v) is 13.4. The Morgan fingerprint density at radius 3 is 2.50 bits per heavy atom. The van der Waals surface area contributed by atoms with Crippen molar-refractivity contribution in [3.05, 3.63) is 66.2 Å².